The van der Waals surface area contributed by atoms with Crippen LogP contribution >= 0.6 is 0 Å². The van der Waals surface area contributed by atoms with Gasteiger partial charge in [0.25, 0.3) is 0 Å². The number of halogens is 2. The van der Waals surface area contributed by atoms with E-state index in [0.717, 1.165) is 55.7 Å². The molecule has 8 aromatic rings. The number of para-hydroxylation sites is 3. The molecule has 0 aliphatic rings. The third-order valence-electron chi connectivity index (χ3n) is 9.92. The van der Waals surface area contributed by atoms with Crippen molar-refractivity contribution in [1.29, 1.82) is 0 Å². The fourth-order valence-corrected chi connectivity index (χ4v) is 7.44. The number of aromatic nitrogens is 2. The molecule has 6 aromatic carbocycles. The van der Waals surface area contributed by atoms with E-state index in [1.807, 2.05) is 81.4 Å². The lowest BCUT2D eigenvalue weighted by Gasteiger charge is -2.24. The fraction of sp³-hybridized carbons (Fsp3) is 0.229. The molecule has 8 rings (SSSR count). The van der Waals surface area contributed by atoms with Crippen molar-refractivity contribution in [3.63, 3.8) is 0 Å². The van der Waals surface area contributed by atoms with E-state index in [1.54, 1.807) is 18.2 Å². The smallest absolute Gasteiger partial charge is 0.149 e. The van der Waals surface area contributed by atoms with Crippen molar-refractivity contribution < 1.29 is 15.9 Å². The summed E-state index contributed by atoms with van der Waals surface area (Å²) < 4.78 is 55.9. The van der Waals surface area contributed by atoms with E-state index in [1.165, 1.54) is 18.2 Å². The van der Waals surface area contributed by atoms with Gasteiger partial charge in [0.1, 0.15) is 28.6 Å². The van der Waals surface area contributed by atoms with Gasteiger partial charge in [-0.2, -0.15) is 0 Å². The Hall–Kier alpha value is -5.55. The van der Waals surface area contributed by atoms with Crippen LogP contribution in [-0.2, 0) is 6.37 Å². The Morgan fingerprint density at radius 2 is 1.36 bits per heavy atom. The molecule has 2 aromatic heterocycles. The van der Waals surface area contributed by atoms with E-state index >= 15 is 4.39 Å². The van der Waals surface area contributed by atoms with Gasteiger partial charge >= 0.3 is 0 Å². The highest BCUT2D eigenvalue weighted by Gasteiger charge is 2.26. The molecule has 0 saturated heterocycles. The Labute approximate surface area is 312 Å². The molecule has 0 saturated carbocycles. The number of fused-ring (bicyclic) bond motifs is 4. The zero-order chi connectivity index (χ0) is 39.0. The highest BCUT2D eigenvalue weighted by molar-refractivity contribution is 6.10. The summed E-state index contributed by atoms with van der Waals surface area (Å²) in [5.74, 6) is 0.213. The van der Waals surface area contributed by atoms with Gasteiger partial charge in [0, 0.05) is 19.1 Å². The first-order valence-electron chi connectivity index (χ1n) is 19.3. The topological polar surface area (TPSA) is 31.0 Å². The monoisotopic (exact) mass is 704 g/mol. The molecule has 0 aliphatic carbocycles. The first-order valence-corrected chi connectivity index (χ1v) is 18.3. The normalized spacial score (nSPS) is 13.1. The molecule has 5 heteroatoms. The summed E-state index contributed by atoms with van der Waals surface area (Å²) >= 11 is 0. The van der Waals surface area contributed by atoms with E-state index in [2.05, 4.69) is 50.5 Å². The summed E-state index contributed by atoms with van der Waals surface area (Å²) in [5.41, 5.74) is 10.2. The molecular weight excluding hydrogens is 659 g/mol. The highest BCUT2D eigenvalue weighted by Crippen LogP contribution is 2.43. The molecule has 0 bridgehead atoms. The van der Waals surface area contributed by atoms with Crippen LogP contribution in [0.3, 0.4) is 0 Å². The number of imidazole rings is 1. The number of benzene rings is 6. The van der Waals surface area contributed by atoms with Gasteiger partial charge in [0.15, 0.2) is 0 Å². The van der Waals surface area contributed by atoms with Crippen LogP contribution in [0.15, 0.2) is 120 Å². The molecule has 0 atom stereocenters. The lowest BCUT2D eigenvalue weighted by Crippen LogP contribution is -2.10. The van der Waals surface area contributed by atoms with Crippen LogP contribution < -0.4 is 0 Å². The fourth-order valence-electron chi connectivity index (χ4n) is 7.44. The molecule has 3 nitrogen and oxygen atoms in total. The molecule has 0 aliphatic heterocycles. The Balaban J connectivity index is 1.35. The van der Waals surface area contributed by atoms with Crippen molar-refractivity contribution in [3.05, 3.63) is 144 Å². The lowest BCUT2D eigenvalue weighted by atomic mass is 9.86. The summed E-state index contributed by atoms with van der Waals surface area (Å²) in [7, 11) is 0. The minimum atomic E-state index is -1.48. The van der Waals surface area contributed by atoms with Crippen molar-refractivity contribution in [1.82, 2.24) is 9.55 Å². The Kier molecular flexibility index (Phi) is 7.97. The van der Waals surface area contributed by atoms with Gasteiger partial charge in [-0.15, -0.1) is 0 Å². The van der Waals surface area contributed by atoms with Gasteiger partial charge in [-0.05, 0) is 112 Å². The summed E-state index contributed by atoms with van der Waals surface area (Å²) in [6, 6.07) is 35.5. The molecule has 0 radical (unpaired) electrons. The number of hydrogen-bond donors (Lipinski definition) is 0. The Morgan fingerprint density at radius 1 is 0.698 bits per heavy atom. The maximum absolute atomic E-state index is 15.7. The van der Waals surface area contributed by atoms with Crippen LogP contribution in [0.2, 0.25) is 0 Å². The second-order valence-corrected chi connectivity index (χ2v) is 15.6. The minimum absolute atomic E-state index is 0.144. The predicted molar refractivity (Wildman–Crippen MR) is 216 cm³/mol. The molecular formula is C48H44F2N2O. The van der Waals surface area contributed by atoms with Gasteiger partial charge in [-0.25, -0.2) is 13.8 Å². The van der Waals surface area contributed by atoms with E-state index in [4.69, 9.17) is 12.1 Å². The van der Waals surface area contributed by atoms with Crippen LogP contribution in [0.4, 0.5) is 8.78 Å². The van der Waals surface area contributed by atoms with E-state index in [0.29, 0.717) is 33.2 Å². The summed E-state index contributed by atoms with van der Waals surface area (Å²) in [6.45, 7) is 14.6. The molecule has 0 spiro atoms. The molecule has 0 unspecified atom stereocenters. The van der Waals surface area contributed by atoms with Crippen LogP contribution in [0.5, 0.6) is 0 Å². The number of rotatable bonds is 7. The van der Waals surface area contributed by atoms with Crippen molar-refractivity contribution in [2.45, 2.75) is 66.7 Å². The van der Waals surface area contributed by atoms with Crippen LogP contribution in [0.25, 0.3) is 72.3 Å². The van der Waals surface area contributed by atoms with Gasteiger partial charge < -0.3 is 4.42 Å². The lowest BCUT2D eigenvalue weighted by molar-refractivity contribution is 0.411. The zero-order valence-electron chi connectivity index (χ0n) is 33.2. The van der Waals surface area contributed by atoms with E-state index in [-0.39, 0.29) is 17.7 Å². The van der Waals surface area contributed by atoms with Crippen molar-refractivity contribution in [2.75, 3.05) is 0 Å². The number of furan rings is 1. The quantitative estimate of drug-likeness (QED) is 0.165. The largest absolute Gasteiger partial charge is 0.455 e. The number of nitrogens with zero attached hydrogens (tertiary/aromatic N) is 2. The Bertz CT molecular complexity index is 2700. The van der Waals surface area contributed by atoms with Gasteiger partial charge in [0.05, 0.1) is 22.3 Å². The van der Waals surface area contributed by atoms with Crippen molar-refractivity contribution in [3.8, 4) is 39.3 Å². The average molecular weight is 705 g/mol. The maximum Gasteiger partial charge on any atom is 0.149 e. The first kappa shape index (κ1) is 32.1. The third kappa shape index (κ3) is 6.33. The minimum Gasteiger partial charge on any atom is -0.455 e. The maximum atomic E-state index is 15.7. The van der Waals surface area contributed by atoms with Gasteiger partial charge in [-0.3, -0.25) is 4.57 Å². The van der Waals surface area contributed by atoms with E-state index in [9.17, 15) is 4.39 Å². The SMILES string of the molecule is [2H]C([2H])(c1ccc(-c2cc(C(C)C)c(-n3c(-c4cccc5c4oc4cc(-c6ccc(F)cc6)c(F)cc45)nc4ccccc43)c(C(C)C)c2)cc1)C(C)(C)C. The second-order valence-electron chi connectivity index (χ2n) is 15.6. The predicted octanol–water partition coefficient (Wildman–Crippen LogP) is 14.0. The standard InChI is InChI=1S/C48H44F2N2O/c1-28(2)37-23-33(31-17-15-30(16-18-31)27-48(5,6)7)24-38(29(3)4)45(37)52-43-14-9-8-13-42(43)51-47(52)36-12-10-11-35-40-25-41(50)39(26-44(40)53-46(35)36)32-19-21-34(49)22-20-32/h8-26,28-29H,27H2,1-7H3/i27D2. The zero-order valence-corrected chi connectivity index (χ0v) is 31.2. The summed E-state index contributed by atoms with van der Waals surface area (Å²) in [5, 5.41) is 1.43. The highest BCUT2D eigenvalue weighted by atomic mass is 19.1. The molecule has 266 valence electrons. The summed E-state index contributed by atoms with van der Waals surface area (Å²) in [6.07, 6.45) is -1.48. The van der Waals surface area contributed by atoms with Crippen LogP contribution in [0.1, 0.15) is 79.7 Å². The molecule has 0 N–H and O–H groups in total. The van der Waals surface area contributed by atoms with Gasteiger partial charge in [-0.1, -0.05) is 109 Å². The average Bonchev–Trinajstić information content (AvgIpc) is 3.72. The third-order valence-corrected chi connectivity index (χ3v) is 9.92. The van der Waals surface area contributed by atoms with Crippen molar-refractivity contribution in [2.24, 2.45) is 5.41 Å². The molecule has 0 amide bonds. The van der Waals surface area contributed by atoms with Crippen molar-refractivity contribution >= 4 is 33.0 Å². The van der Waals surface area contributed by atoms with E-state index < -0.39 is 17.6 Å². The summed E-state index contributed by atoms with van der Waals surface area (Å²) in [4.78, 5) is 5.26. The van der Waals surface area contributed by atoms with Crippen LogP contribution in [-0.4, -0.2) is 9.55 Å². The second kappa shape index (κ2) is 13.1. The first-order chi connectivity index (χ1) is 26.1. The number of hydrogen-bond acceptors (Lipinski definition) is 2. The molecule has 53 heavy (non-hydrogen) atoms. The molecule has 2 heterocycles. The van der Waals surface area contributed by atoms with Gasteiger partial charge in [0.2, 0.25) is 0 Å². The molecule has 0 fully saturated rings. The van der Waals surface area contributed by atoms with Crippen LogP contribution in [0, 0.1) is 17.0 Å². The Morgan fingerprint density at radius 3 is 2.02 bits per heavy atom.